The van der Waals surface area contributed by atoms with Crippen molar-refractivity contribution in [3.05, 3.63) is 54.1 Å². The van der Waals surface area contributed by atoms with Crippen molar-refractivity contribution in [2.45, 2.75) is 31.7 Å². The number of aryl methyl sites for hydroxylation is 1. The fourth-order valence-electron chi connectivity index (χ4n) is 2.39. The molecule has 0 bridgehead atoms. The Kier molecular flexibility index (Phi) is 3.86. The standard InChI is InChI=1S/C18H20N2O2/c1-13-3-7-15(8-4-13)22-16-9-5-14(6-10-16)20-17(21)18(19)11-2-12-18/h3-10H,2,11-12,19H2,1H3,(H,20,21). The zero-order valence-corrected chi connectivity index (χ0v) is 12.6. The van der Waals surface area contributed by atoms with E-state index in [0.717, 1.165) is 36.4 Å². The Bertz CT molecular complexity index is 658. The maximum atomic E-state index is 12.1. The minimum absolute atomic E-state index is 0.106. The van der Waals surface area contributed by atoms with E-state index in [2.05, 4.69) is 5.32 Å². The Morgan fingerprint density at radius 2 is 1.59 bits per heavy atom. The van der Waals surface area contributed by atoms with Gasteiger partial charge in [-0.25, -0.2) is 0 Å². The molecule has 1 amide bonds. The molecule has 2 aromatic carbocycles. The normalized spacial score (nSPS) is 15.7. The first-order chi connectivity index (χ1) is 10.5. The lowest BCUT2D eigenvalue weighted by atomic mass is 9.77. The molecule has 1 aliphatic rings. The molecule has 0 unspecified atom stereocenters. The minimum atomic E-state index is -0.683. The summed E-state index contributed by atoms with van der Waals surface area (Å²) in [4.78, 5) is 12.1. The lowest BCUT2D eigenvalue weighted by Gasteiger charge is -2.36. The highest BCUT2D eigenvalue weighted by Crippen LogP contribution is 2.30. The lowest BCUT2D eigenvalue weighted by Crippen LogP contribution is -2.56. The summed E-state index contributed by atoms with van der Waals surface area (Å²) in [6.07, 6.45) is 2.54. The highest BCUT2D eigenvalue weighted by molar-refractivity contribution is 5.98. The van der Waals surface area contributed by atoms with Crippen LogP contribution in [0.4, 0.5) is 5.69 Å². The van der Waals surface area contributed by atoms with Crippen LogP contribution in [0, 0.1) is 6.92 Å². The molecule has 0 aromatic heterocycles. The van der Waals surface area contributed by atoms with Crippen LogP contribution in [0.25, 0.3) is 0 Å². The molecule has 1 saturated carbocycles. The van der Waals surface area contributed by atoms with Gasteiger partial charge in [0.2, 0.25) is 5.91 Å². The second-order valence-corrected chi connectivity index (χ2v) is 5.90. The first-order valence-corrected chi connectivity index (χ1v) is 7.50. The van der Waals surface area contributed by atoms with Gasteiger partial charge in [0.1, 0.15) is 11.5 Å². The van der Waals surface area contributed by atoms with Gasteiger partial charge in [-0.1, -0.05) is 17.7 Å². The molecular formula is C18H20N2O2. The van der Waals surface area contributed by atoms with Crippen LogP contribution in [0.15, 0.2) is 48.5 Å². The number of hydrogen-bond donors (Lipinski definition) is 2. The smallest absolute Gasteiger partial charge is 0.244 e. The van der Waals surface area contributed by atoms with Crippen LogP contribution in [-0.4, -0.2) is 11.4 Å². The van der Waals surface area contributed by atoms with E-state index < -0.39 is 5.54 Å². The van der Waals surface area contributed by atoms with Gasteiger partial charge in [-0.3, -0.25) is 4.79 Å². The second kappa shape index (κ2) is 5.81. The number of benzene rings is 2. The number of carbonyl (C=O) groups is 1. The fourth-order valence-corrected chi connectivity index (χ4v) is 2.39. The molecule has 22 heavy (non-hydrogen) atoms. The topological polar surface area (TPSA) is 64.3 Å². The van der Waals surface area contributed by atoms with Gasteiger partial charge in [0.15, 0.2) is 0 Å². The first-order valence-electron chi connectivity index (χ1n) is 7.50. The molecular weight excluding hydrogens is 276 g/mol. The predicted molar refractivity (Wildman–Crippen MR) is 87.1 cm³/mol. The molecule has 0 aliphatic heterocycles. The van der Waals surface area contributed by atoms with Crippen LogP contribution < -0.4 is 15.8 Å². The summed E-state index contributed by atoms with van der Waals surface area (Å²) in [5.74, 6) is 1.41. The number of hydrogen-bond acceptors (Lipinski definition) is 3. The molecule has 0 spiro atoms. The zero-order valence-electron chi connectivity index (χ0n) is 12.6. The van der Waals surface area contributed by atoms with Crippen molar-refractivity contribution < 1.29 is 9.53 Å². The first kappa shape index (κ1) is 14.6. The van der Waals surface area contributed by atoms with Crippen LogP contribution in [0.5, 0.6) is 11.5 Å². The van der Waals surface area contributed by atoms with Gasteiger partial charge in [0.05, 0.1) is 5.54 Å². The average molecular weight is 296 g/mol. The maximum absolute atomic E-state index is 12.1. The summed E-state index contributed by atoms with van der Waals surface area (Å²) in [6.45, 7) is 2.04. The molecule has 2 aromatic rings. The Morgan fingerprint density at radius 3 is 2.09 bits per heavy atom. The number of ether oxygens (including phenoxy) is 1. The molecule has 1 aliphatic carbocycles. The SMILES string of the molecule is Cc1ccc(Oc2ccc(NC(=O)C3(N)CCC3)cc2)cc1. The highest BCUT2D eigenvalue weighted by atomic mass is 16.5. The van der Waals surface area contributed by atoms with E-state index in [0.29, 0.717) is 0 Å². The van der Waals surface area contributed by atoms with E-state index in [4.69, 9.17) is 10.5 Å². The summed E-state index contributed by atoms with van der Waals surface area (Å²) in [6, 6.07) is 15.2. The number of nitrogens with two attached hydrogens (primary N) is 1. The molecule has 0 radical (unpaired) electrons. The third-order valence-electron chi connectivity index (χ3n) is 4.07. The summed E-state index contributed by atoms with van der Waals surface area (Å²) in [5, 5.41) is 2.86. The third-order valence-corrected chi connectivity index (χ3v) is 4.07. The van der Waals surface area contributed by atoms with E-state index in [-0.39, 0.29) is 5.91 Å². The monoisotopic (exact) mass is 296 g/mol. The summed E-state index contributed by atoms with van der Waals surface area (Å²) in [7, 11) is 0. The average Bonchev–Trinajstić information content (AvgIpc) is 2.49. The van der Waals surface area contributed by atoms with Crippen LogP contribution >= 0.6 is 0 Å². The van der Waals surface area contributed by atoms with E-state index in [1.807, 2.05) is 55.5 Å². The second-order valence-electron chi connectivity index (χ2n) is 5.90. The third kappa shape index (κ3) is 3.12. The molecule has 3 N–H and O–H groups in total. The van der Waals surface area contributed by atoms with Crippen LogP contribution in [-0.2, 0) is 4.79 Å². The molecule has 0 heterocycles. The molecule has 4 heteroatoms. The van der Waals surface area contributed by atoms with Crippen molar-refractivity contribution in [3.63, 3.8) is 0 Å². The van der Waals surface area contributed by atoms with E-state index in [1.54, 1.807) is 0 Å². The van der Waals surface area contributed by atoms with E-state index in [1.165, 1.54) is 5.56 Å². The largest absolute Gasteiger partial charge is 0.457 e. The summed E-state index contributed by atoms with van der Waals surface area (Å²) in [5.41, 5.74) is 7.24. The Morgan fingerprint density at radius 1 is 1.05 bits per heavy atom. The van der Waals surface area contributed by atoms with Gasteiger partial charge in [0.25, 0.3) is 0 Å². The predicted octanol–water partition coefficient (Wildman–Crippen LogP) is 3.61. The van der Waals surface area contributed by atoms with Gasteiger partial charge in [-0.2, -0.15) is 0 Å². The Labute approximate surface area is 130 Å². The Hall–Kier alpha value is -2.33. The lowest BCUT2D eigenvalue weighted by molar-refractivity contribution is -0.123. The molecule has 1 fully saturated rings. The van der Waals surface area contributed by atoms with Gasteiger partial charge in [-0.15, -0.1) is 0 Å². The molecule has 114 valence electrons. The van der Waals surface area contributed by atoms with Crippen molar-refractivity contribution in [1.82, 2.24) is 0 Å². The number of nitrogens with one attached hydrogen (secondary N) is 1. The summed E-state index contributed by atoms with van der Waals surface area (Å²) < 4.78 is 5.76. The van der Waals surface area contributed by atoms with Crippen molar-refractivity contribution in [2.24, 2.45) is 5.73 Å². The highest BCUT2D eigenvalue weighted by Gasteiger charge is 2.40. The van der Waals surface area contributed by atoms with Crippen molar-refractivity contribution in [3.8, 4) is 11.5 Å². The number of amides is 1. The minimum Gasteiger partial charge on any atom is -0.457 e. The Balaban J connectivity index is 1.62. The van der Waals surface area contributed by atoms with Crippen LogP contribution in [0.3, 0.4) is 0 Å². The fraction of sp³-hybridized carbons (Fsp3) is 0.278. The van der Waals surface area contributed by atoms with Gasteiger partial charge in [-0.05, 0) is 62.6 Å². The van der Waals surface area contributed by atoms with E-state index >= 15 is 0 Å². The van der Waals surface area contributed by atoms with E-state index in [9.17, 15) is 4.79 Å². The molecule has 0 atom stereocenters. The number of rotatable bonds is 4. The number of anilines is 1. The number of carbonyl (C=O) groups excluding carboxylic acids is 1. The molecule has 4 nitrogen and oxygen atoms in total. The van der Waals surface area contributed by atoms with Gasteiger partial charge >= 0.3 is 0 Å². The van der Waals surface area contributed by atoms with Gasteiger partial charge in [0, 0.05) is 5.69 Å². The van der Waals surface area contributed by atoms with Crippen LogP contribution in [0.2, 0.25) is 0 Å². The summed E-state index contributed by atoms with van der Waals surface area (Å²) >= 11 is 0. The molecule has 0 saturated heterocycles. The van der Waals surface area contributed by atoms with Gasteiger partial charge < -0.3 is 15.8 Å². The quantitative estimate of drug-likeness (QED) is 0.906. The van der Waals surface area contributed by atoms with Crippen molar-refractivity contribution in [2.75, 3.05) is 5.32 Å². The van der Waals surface area contributed by atoms with Crippen molar-refractivity contribution >= 4 is 11.6 Å². The molecule has 3 rings (SSSR count). The maximum Gasteiger partial charge on any atom is 0.244 e. The zero-order chi connectivity index (χ0) is 15.6. The van der Waals surface area contributed by atoms with Crippen molar-refractivity contribution in [1.29, 1.82) is 0 Å². The van der Waals surface area contributed by atoms with Crippen LogP contribution in [0.1, 0.15) is 24.8 Å².